The molecule has 0 radical (unpaired) electrons. The van der Waals surface area contributed by atoms with Crippen LogP contribution in [-0.2, 0) is 4.79 Å². The Labute approximate surface area is 118 Å². The van der Waals surface area contributed by atoms with Crippen molar-refractivity contribution in [3.8, 4) is 0 Å². The highest BCUT2D eigenvalue weighted by molar-refractivity contribution is 5.75. The largest absolute Gasteiger partial charge is 0.481 e. The standard InChI is InChI=1S/C14H23N3O3/c18-13(19)10-1-2-11(7-10)15-14(20)16-12-8-17-5-3-9(12)4-6-17/h9-12H,1-8H2,(H,18,19)(H2,15,16,20). The van der Waals surface area contributed by atoms with Crippen molar-refractivity contribution in [2.75, 3.05) is 19.6 Å². The molecule has 20 heavy (non-hydrogen) atoms. The fourth-order valence-corrected chi connectivity index (χ4v) is 3.86. The first-order chi connectivity index (χ1) is 9.61. The van der Waals surface area contributed by atoms with Gasteiger partial charge in [-0.1, -0.05) is 0 Å². The summed E-state index contributed by atoms with van der Waals surface area (Å²) in [6, 6.07) is 0.145. The maximum absolute atomic E-state index is 12.0. The summed E-state index contributed by atoms with van der Waals surface area (Å²) in [5, 5.41) is 15.0. The minimum Gasteiger partial charge on any atom is -0.481 e. The summed E-state index contributed by atoms with van der Waals surface area (Å²) in [7, 11) is 0. The second-order valence-corrected chi connectivity index (χ2v) is 6.41. The van der Waals surface area contributed by atoms with Gasteiger partial charge in [-0.05, 0) is 51.1 Å². The molecule has 3 heterocycles. The Kier molecular flexibility index (Phi) is 3.83. The van der Waals surface area contributed by atoms with E-state index in [1.54, 1.807) is 0 Å². The number of rotatable bonds is 3. The summed E-state index contributed by atoms with van der Waals surface area (Å²) in [4.78, 5) is 25.3. The highest BCUT2D eigenvalue weighted by Gasteiger charge is 2.36. The van der Waals surface area contributed by atoms with Crippen LogP contribution in [-0.4, -0.2) is 53.7 Å². The van der Waals surface area contributed by atoms with Crippen molar-refractivity contribution >= 4 is 12.0 Å². The van der Waals surface area contributed by atoms with E-state index in [4.69, 9.17) is 5.11 Å². The molecule has 112 valence electrons. The van der Waals surface area contributed by atoms with E-state index in [0.717, 1.165) is 26.1 Å². The van der Waals surface area contributed by atoms with E-state index in [1.807, 2.05) is 0 Å². The molecule has 1 aliphatic carbocycles. The van der Waals surface area contributed by atoms with E-state index in [1.165, 1.54) is 12.8 Å². The molecule has 6 nitrogen and oxygen atoms in total. The van der Waals surface area contributed by atoms with Crippen LogP contribution in [0.1, 0.15) is 32.1 Å². The van der Waals surface area contributed by atoms with Gasteiger partial charge >= 0.3 is 12.0 Å². The molecule has 0 aromatic carbocycles. The van der Waals surface area contributed by atoms with E-state index in [2.05, 4.69) is 15.5 Å². The van der Waals surface area contributed by atoms with Crippen LogP contribution < -0.4 is 10.6 Å². The molecule has 3 N–H and O–H groups in total. The molecule has 0 spiro atoms. The molecule has 3 atom stereocenters. The Morgan fingerprint density at radius 1 is 1.05 bits per heavy atom. The molecule has 4 aliphatic rings. The molecule has 0 aromatic heterocycles. The van der Waals surface area contributed by atoms with Gasteiger partial charge in [-0.15, -0.1) is 0 Å². The summed E-state index contributed by atoms with van der Waals surface area (Å²) in [6.45, 7) is 3.28. The fraction of sp³-hybridized carbons (Fsp3) is 0.857. The van der Waals surface area contributed by atoms with Crippen molar-refractivity contribution in [2.24, 2.45) is 11.8 Å². The molecule has 6 heteroatoms. The molecule has 2 bridgehead atoms. The van der Waals surface area contributed by atoms with Gasteiger partial charge in [0.05, 0.1) is 5.92 Å². The van der Waals surface area contributed by atoms with Crippen LogP contribution in [0.4, 0.5) is 4.79 Å². The zero-order valence-corrected chi connectivity index (χ0v) is 11.7. The Balaban J connectivity index is 1.45. The lowest BCUT2D eigenvalue weighted by molar-refractivity contribution is -0.141. The number of piperidine rings is 3. The van der Waals surface area contributed by atoms with Crippen molar-refractivity contribution in [1.29, 1.82) is 0 Å². The molecule has 3 aliphatic heterocycles. The average molecular weight is 281 g/mol. The number of carbonyl (C=O) groups excluding carboxylic acids is 1. The van der Waals surface area contributed by atoms with Crippen LogP contribution in [0, 0.1) is 11.8 Å². The van der Waals surface area contributed by atoms with Crippen molar-refractivity contribution in [1.82, 2.24) is 15.5 Å². The number of aliphatic carboxylic acids is 1. The molecule has 2 amide bonds. The lowest BCUT2D eigenvalue weighted by Crippen LogP contribution is -2.59. The van der Waals surface area contributed by atoms with Gasteiger partial charge < -0.3 is 20.6 Å². The fourth-order valence-electron chi connectivity index (χ4n) is 3.86. The Hall–Kier alpha value is -1.30. The van der Waals surface area contributed by atoms with Gasteiger partial charge in [0.2, 0.25) is 0 Å². The van der Waals surface area contributed by atoms with Crippen molar-refractivity contribution in [3.05, 3.63) is 0 Å². The van der Waals surface area contributed by atoms with Gasteiger partial charge in [0, 0.05) is 18.6 Å². The number of nitrogens with zero attached hydrogens (tertiary/aromatic N) is 1. The predicted molar refractivity (Wildman–Crippen MR) is 73.4 cm³/mol. The molecule has 0 aromatic rings. The van der Waals surface area contributed by atoms with Gasteiger partial charge in [-0.25, -0.2) is 4.79 Å². The third-order valence-corrected chi connectivity index (χ3v) is 5.09. The van der Waals surface area contributed by atoms with Crippen LogP contribution in [0.2, 0.25) is 0 Å². The third kappa shape index (κ3) is 2.90. The Bertz CT molecular complexity index is 393. The molecule has 1 saturated carbocycles. The van der Waals surface area contributed by atoms with Crippen LogP contribution in [0.3, 0.4) is 0 Å². The molecule has 4 fully saturated rings. The van der Waals surface area contributed by atoms with E-state index in [9.17, 15) is 9.59 Å². The van der Waals surface area contributed by atoms with Crippen molar-refractivity contribution < 1.29 is 14.7 Å². The lowest BCUT2D eigenvalue weighted by atomic mass is 9.84. The van der Waals surface area contributed by atoms with E-state index in [-0.39, 0.29) is 24.0 Å². The number of carboxylic acids is 1. The number of carboxylic acid groups (broad SMARTS) is 1. The van der Waals surface area contributed by atoms with Gasteiger partial charge in [0.1, 0.15) is 0 Å². The number of hydrogen-bond donors (Lipinski definition) is 3. The van der Waals surface area contributed by atoms with Gasteiger partial charge in [-0.2, -0.15) is 0 Å². The van der Waals surface area contributed by atoms with Crippen LogP contribution in [0.15, 0.2) is 0 Å². The summed E-state index contributed by atoms with van der Waals surface area (Å²) in [5.41, 5.74) is 0. The van der Waals surface area contributed by atoms with Gasteiger partial charge in [0.25, 0.3) is 0 Å². The quantitative estimate of drug-likeness (QED) is 0.709. The maximum atomic E-state index is 12.0. The zero-order chi connectivity index (χ0) is 14.1. The number of amides is 2. The summed E-state index contributed by atoms with van der Waals surface area (Å²) >= 11 is 0. The smallest absolute Gasteiger partial charge is 0.315 e. The Morgan fingerprint density at radius 3 is 2.35 bits per heavy atom. The zero-order valence-electron chi connectivity index (χ0n) is 11.7. The average Bonchev–Trinajstić information content (AvgIpc) is 2.88. The van der Waals surface area contributed by atoms with E-state index >= 15 is 0 Å². The summed E-state index contributed by atoms with van der Waals surface area (Å²) in [5.74, 6) is -0.426. The maximum Gasteiger partial charge on any atom is 0.315 e. The number of nitrogens with one attached hydrogen (secondary N) is 2. The number of hydrogen-bond acceptors (Lipinski definition) is 3. The molecular formula is C14H23N3O3. The highest BCUT2D eigenvalue weighted by atomic mass is 16.4. The number of fused-ring (bicyclic) bond motifs is 3. The van der Waals surface area contributed by atoms with Gasteiger partial charge in [0.15, 0.2) is 0 Å². The van der Waals surface area contributed by atoms with E-state index < -0.39 is 5.97 Å². The lowest BCUT2D eigenvalue weighted by Gasteiger charge is -2.44. The third-order valence-electron chi connectivity index (χ3n) is 5.09. The topological polar surface area (TPSA) is 81.7 Å². The molecule has 3 unspecified atom stereocenters. The first-order valence-corrected chi connectivity index (χ1v) is 7.64. The highest BCUT2D eigenvalue weighted by Crippen LogP contribution is 2.28. The normalized spacial score (nSPS) is 39.5. The second kappa shape index (κ2) is 5.60. The van der Waals surface area contributed by atoms with Crippen molar-refractivity contribution in [2.45, 2.75) is 44.2 Å². The van der Waals surface area contributed by atoms with Crippen LogP contribution in [0.25, 0.3) is 0 Å². The van der Waals surface area contributed by atoms with Crippen molar-refractivity contribution in [3.63, 3.8) is 0 Å². The summed E-state index contributed by atoms with van der Waals surface area (Å²) < 4.78 is 0. The number of urea groups is 1. The molecule has 3 saturated heterocycles. The first-order valence-electron chi connectivity index (χ1n) is 7.64. The summed E-state index contributed by atoms with van der Waals surface area (Å²) in [6.07, 6.45) is 4.35. The second-order valence-electron chi connectivity index (χ2n) is 6.41. The molecule has 4 rings (SSSR count). The van der Waals surface area contributed by atoms with Crippen LogP contribution >= 0.6 is 0 Å². The minimum absolute atomic E-state index is 0.0113. The first kappa shape index (κ1) is 13.7. The molecular weight excluding hydrogens is 258 g/mol. The predicted octanol–water partition coefficient (Wildman–Crippen LogP) is 0.633. The van der Waals surface area contributed by atoms with Crippen LogP contribution in [0.5, 0.6) is 0 Å². The van der Waals surface area contributed by atoms with Gasteiger partial charge in [-0.3, -0.25) is 4.79 Å². The monoisotopic (exact) mass is 281 g/mol. The number of carbonyl (C=O) groups is 2. The van der Waals surface area contributed by atoms with E-state index in [0.29, 0.717) is 18.8 Å². The minimum atomic E-state index is -0.743. The Morgan fingerprint density at radius 2 is 1.80 bits per heavy atom. The SMILES string of the molecule is O=C(NC1CCC(C(=O)O)C1)NC1CN2CCC1CC2.